The van der Waals surface area contributed by atoms with Crippen molar-refractivity contribution in [3.8, 4) is 0 Å². The first-order valence-electron chi connectivity index (χ1n) is 6.78. The summed E-state index contributed by atoms with van der Waals surface area (Å²) < 4.78 is 0. The van der Waals surface area contributed by atoms with Crippen LogP contribution in [0.25, 0.3) is 0 Å². The number of piperidine rings is 1. The Hall–Kier alpha value is -0.570. The van der Waals surface area contributed by atoms with E-state index in [1.165, 1.54) is 25.7 Å². The molecule has 0 bridgehead atoms. The number of carbonyl (C=O) groups excluding carboxylic acids is 1. The minimum absolute atomic E-state index is 0.206. The number of hydrogen-bond acceptors (Lipinski definition) is 2. The van der Waals surface area contributed by atoms with Gasteiger partial charge in [-0.05, 0) is 45.1 Å². The summed E-state index contributed by atoms with van der Waals surface area (Å²) in [6, 6.07) is 0.372. The van der Waals surface area contributed by atoms with Crippen molar-refractivity contribution >= 4 is 5.91 Å². The molecular formula is C13H24N2O. The van der Waals surface area contributed by atoms with Gasteiger partial charge >= 0.3 is 0 Å². The molecule has 0 unspecified atom stereocenters. The molecule has 1 saturated heterocycles. The van der Waals surface area contributed by atoms with Gasteiger partial charge in [-0.3, -0.25) is 4.79 Å². The van der Waals surface area contributed by atoms with Gasteiger partial charge in [0.05, 0.1) is 5.92 Å². The van der Waals surface area contributed by atoms with Crippen molar-refractivity contribution in [1.82, 2.24) is 10.6 Å². The van der Waals surface area contributed by atoms with Crippen molar-refractivity contribution in [2.75, 3.05) is 13.1 Å². The third-order valence-corrected chi connectivity index (χ3v) is 4.14. The second-order valence-electron chi connectivity index (χ2n) is 5.39. The fraction of sp³-hybridized carbons (Fsp3) is 0.923. The van der Waals surface area contributed by atoms with E-state index in [9.17, 15) is 4.79 Å². The highest BCUT2D eigenvalue weighted by Crippen LogP contribution is 2.27. The summed E-state index contributed by atoms with van der Waals surface area (Å²) in [5.74, 6) is 1.20. The van der Waals surface area contributed by atoms with E-state index >= 15 is 0 Å². The normalized spacial score (nSPS) is 28.9. The zero-order valence-corrected chi connectivity index (χ0v) is 10.3. The first kappa shape index (κ1) is 11.9. The minimum atomic E-state index is 0.206. The van der Waals surface area contributed by atoms with Crippen molar-refractivity contribution in [2.45, 2.75) is 51.5 Å². The van der Waals surface area contributed by atoms with Gasteiger partial charge in [0.2, 0.25) is 5.91 Å². The average molecular weight is 224 g/mol. The molecule has 0 spiro atoms. The third-order valence-electron chi connectivity index (χ3n) is 4.14. The molecule has 3 heteroatoms. The van der Waals surface area contributed by atoms with Crippen molar-refractivity contribution in [3.63, 3.8) is 0 Å². The van der Waals surface area contributed by atoms with Crippen LogP contribution in [0, 0.1) is 11.8 Å². The SMILES string of the molecule is C[C@H](NC(=O)[C@@H]1CCCNC1)C1CCCC1. The second-order valence-corrected chi connectivity index (χ2v) is 5.39. The van der Waals surface area contributed by atoms with Gasteiger partial charge in [0.1, 0.15) is 0 Å². The molecule has 0 radical (unpaired) electrons. The predicted molar refractivity (Wildman–Crippen MR) is 65.2 cm³/mol. The predicted octanol–water partition coefficient (Wildman–Crippen LogP) is 1.68. The highest BCUT2D eigenvalue weighted by molar-refractivity contribution is 5.79. The molecule has 92 valence electrons. The standard InChI is InChI=1S/C13H24N2O/c1-10(11-5-2-3-6-11)15-13(16)12-7-4-8-14-9-12/h10-12,14H,2-9H2,1H3,(H,15,16)/t10-,12+/m0/s1. The molecule has 1 aliphatic carbocycles. The maximum absolute atomic E-state index is 12.0. The molecule has 2 rings (SSSR count). The van der Waals surface area contributed by atoms with Crippen molar-refractivity contribution in [3.05, 3.63) is 0 Å². The largest absolute Gasteiger partial charge is 0.353 e. The molecule has 2 atom stereocenters. The lowest BCUT2D eigenvalue weighted by Crippen LogP contribution is -2.45. The second kappa shape index (κ2) is 5.67. The first-order chi connectivity index (χ1) is 7.77. The van der Waals surface area contributed by atoms with Gasteiger partial charge in [0.25, 0.3) is 0 Å². The van der Waals surface area contributed by atoms with Gasteiger partial charge in [-0.2, -0.15) is 0 Å². The summed E-state index contributed by atoms with van der Waals surface area (Å²) in [5, 5.41) is 6.51. The van der Waals surface area contributed by atoms with Gasteiger partial charge in [0.15, 0.2) is 0 Å². The van der Waals surface area contributed by atoms with Gasteiger partial charge in [0, 0.05) is 12.6 Å². The first-order valence-corrected chi connectivity index (χ1v) is 6.78. The lowest BCUT2D eigenvalue weighted by Gasteiger charge is -2.26. The number of amides is 1. The van der Waals surface area contributed by atoms with Crippen LogP contribution in [-0.4, -0.2) is 25.0 Å². The highest BCUT2D eigenvalue weighted by atomic mass is 16.2. The van der Waals surface area contributed by atoms with E-state index in [4.69, 9.17) is 0 Å². The quantitative estimate of drug-likeness (QED) is 0.766. The Balaban J connectivity index is 1.76. The van der Waals surface area contributed by atoms with Gasteiger partial charge in [-0.25, -0.2) is 0 Å². The van der Waals surface area contributed by atoms with Crippen molar-refractivity contribution in [1.29, 1.82) is 0 Å². The Morgan fingerprint density at radius 2 is 2.00 bits per heavy atom. The highest BCUT2D eigenvalue weighted by Gasteiger charge is 2.26. The van der Waals surface area contributed by atoms with Crippen LogP contribution in [0.2, 0.25) is 0 Å². The molecule has 0 aromatic heterocycles. The summed E-state index contributed by atoms with van der Waals surface area (Å²) in [6.45, 7) is 4.11. The Morgan fingerprint density at radius 1 is 1.25 bits per heavy atom. The monoisotopic (exact) mass is 224 g/mol. The zero-order chi connectivity index (χ0) is 11.4. The van der Waals surface area contributed by atoms with Crippen LogP contribution in [0.3, 0.4) is 0 Å². The molecule has 2 N–H and O–H groups in total. The Kier molecular flexibility index (Phi) is 4.22. The molecule has 1 aliphatic heterocycles. The molecular weight excluding hydrogens is 200 g/mol. The Labute approximate surface area is 98.4 Å². The molecule has 16 heavy (non-hydrogen) atoms. The van der Waals surface area contributed by atoms with E-state index in [1.54, 1.807) is 0 Å². The topological polar surface area (TPSA) is 41.1 Å². The summed E-state index contributed by atoms with van der Waals surface area (Å²) >= 11 is 0. The van der Waals surface area contributed by atoms with E-state index in [-0.39, 0.29) is 11.8 Å². The molecule has 0 aromatic carbocycles. The minimum Gasteiger partial charge on any atom is -0.353 e. The molecule has 1 heterocycles. The van der Waals surface area contributed by atoms with E-state index in [2.05, 4.69) is 17.6 Å². The van der Waals surface area contributed by atoms with Crippen molar-refractivity contribution < 1.29 is 4.79 Å². The number of nitrogens with one attached hydrogen (secondary N) is 2. The van der Waals surface area contributed by atoms with Crippen LogP contribution >= 0.6 is 0 Å². The smallest absolute Gasteiger partial charge is 0.224 e. The van der Waals surface area contributed by atoms with E-state index < -0.39 is 0 Å². The molecule has 2 aliphatic rings. The summed E-state index contributed by atoms with van der Waals surface area (Å²) in [6.07, 6.45) is 7.46. The number of hydrogen-bond donors (Lipinski definition) is 2. The number of carbonyl (C=O) groups is 1. The lowest BCUT2D eigenvalue weighted by molar-refractivity contribution is -0.126. The summed E-state index contributed by atoms with van der Waals surface area (Å²) in [5.41, 5.74) is 0. The molecule has 0 aromatic rings. The van der Waals surface area contributed by atoms with Crippen molar-refractivity contribution in [2.24, 2.45) is 11.8 Å². The number of rotatable bonds is 3. The molecule has 2 fully saturated rings. The maximum Gasteiger partial charge on any atom is 0.224 e. The average Bonchev–Trinajstić information content (AvgIpc) is 2.83. The van der Waals surface area contributed by atoms with Crippen LogP contribution in [0.15, 0.2) is 0 Å². The van der Waals surface area contributed by atoms with E-state index in [0.717, 1.165) is 31.8 Å². The third kappa shape index (κ3) is 2.97. The van der Waals surface area contributed by atoms with Crippen LogP contribution in [0.1, 0.15) is 45.4 Å². The van der Waals surface area contributed by atoms with Crippen LogP contribution in [-0.2, 0) is 4.79 Å². The summed E-state index contributed by atoms with van der Waals surface area (Å²) in [7, 11) is 0. The Morgan fingerprint density at radius 3 is 2.62 bits per heavy atom. The lowest BCUT2D eigenvalue weighted by atomic mass is 9.96. The van der Waals surface area contributed by atoms with Crippen LogP contribution in [0.5, 0.6) is 0 Å². The van der Waals surface area contributed by atoms with E-state index in [1.807, 2.05) is 0 Å². The van der Waals surface area contributed by atoms with Gasteiger partial charge in [-0.1, -0.05) is 12.8 Å². The zero-order valence-electron chi connectivity index (χ0n) is 10.3. The fourth-order valence-electron chi connectivity index (χ4n) is 2.99. The van der Waals surface area contributed by atoms with E-state index in [0.29, 0.717) is 6.04 Å². The van der Waals surface area contributed by atoms with Crippen LogP contribution < -0.4 is 10.6 Å². The van der Waals surface area contributed by atoms with Gasteiger partial charge < -0.3 is 10.6 Å². The molecule has 1 amide bonds. The van der Waals surface area contributed by atoms with Gasteiger partial charge in [-0.15, -0.1) is 0 Å². The summed E-state index contributed by atoms with van der Waals surface area (Å²) in [4.78, 5) is 12.0. The molecule has 1 saturated carbocycles. The fourth-order valence-corrected chi connectivity index (χ4v) is 2.99. The van der Waals surface area contributed by atoms with Crippen LogP contribution in [0.4, 0.5) is 0 Å². The molecule has 3 nitrogen and oxygen atoms in total. The maximum atomic E-state index is 12.0. The Bertz CT molecular complexity index is 230.